The van der Waals surface area contributed by atoms with E-state index >= 15 is 0 Å². The van der Waals surface area contributed by atoms with Crippen LogP contribution in [0.1, 0.15) is 16.8 Å². The minimum absolute atomic E-state index is 0.0375. The fraction of sp³-hybridized carbons (Fsp3) is 0.538. The van der Waals surface area contributed by atoms with Crippen LogP contribution in [0.25, 0.3) is 0 Å². The van der Waals surface area contributed by atoms with Crippen LogP contribution < -0.4 is 14.2 Å². The number of methoxy groups -OCH3 is 3. The average Bonchev–Trinajstić information content (AvgIpc) is 2.42. The second-order valence-corrected chi connectivity index (χ2v) is 4.23. The third-order valence-corrected chi connectivity index (χ3v) is 2.61. The van der Waals surface area contributed by atoms with Crippen molar-refractivity contribution in [3.8, 4) is 17.5 Å². The molecule has 0 aliphatic carbocycles. The van der Waals surface area contributed by atoms with Gasteiger partial charge in [0.1, 0.15) is 0 Å². The first-order valence-corrected chi connectivity index (χ1v) is 5.88. The topological polar surface area (TPSA) is 60.9 Å². The van der Waals surface area contributed by atoms with Crippen molar-refractivity contribution in [3.63, 3.8) is 0 Å². The summed E-state index contributed by atoms with van der Waals surface area (Å²) in [5.41, 5.74) is 0.424. The largest absolute Gasteiger partial charge is 0.491 e. The minimum Gasteiger partial charge on any atom is -0.491 e. The number of hydrogen-bond donors (Lipinski definition) is 0. The van der Waals surface area contributed by atoms with Crippen LogP contribution in [-0.2, 0) is 0 Å². The van der Waals surface area contributed by atoms with Gasteiger partial charge >= 0.3 is 0 Å². The van der Waals surface area contributed by atoms with Crippen molar-refractivity contribution in [1.29, 1.82) is 0 Å². The lowest BCUT2D eigenvalue weighted by molar-refractivity contribution is 0.0968. The summed E-state index contributed by atoms with van der Waals surface area (Å²) in [5, 5.41) is 0. The number of hydrogen-bond acceptors (Lipinski definition) is 6. The van der Waals surface area contributed by atoms with Gasteiger partial charge in [-0.3, -0.25) is 4.79 Å². The van der Waals surface area contributed by atoms with Gasteiger partial charge in [0.25, 0.3) is 5.88 Å². The van der Waals surface area contributed by atoms with E-state index in [0.29, 0.717) is 30.2 Å². The van der Waals surface area contributed by atoms with Crippen molar-refractivity contribution in [1.82, 2.24) is 9.88 Å². The summed E-state index contributed by atoms with van der Waals surface area (Å²) >= 11 is 0. The van der Waals surface area contributed by atoms with Gasteiger partial charge in [-0.25, -0.2) is 0 Å². The molecule has 6 heteroatoms. The first-order chi connectivity index (χ1) is 9.03. The number of nitrogens with zero attached hydrogens (tertiary/aromatic N) is 2. The molecule has 0 aliphatic heterocycles. The normalized spacial score (nSPS) is 10.4. The summed E-state index contributed by atoms with van der Waals surface area (Å²) in [6.45, 7) is 0.662. The third-order valence-electron chi connectivity index (χ3n) is 2.61. The van der Waals surface area contributed by atoms with E-state index in [1.54, 1.807) is 6.07 Å². The van der Waals surface area contributed by atoms with Crippen LogP contribution in [-0.4, -0.2) is 57.6 Å². The molecule has 0 fully saturated rings. The Morgan fingerprint density at radius 1 is 1.21 bits per heavy atom. The summed E-state index contributed by atoms with van der Waals surface area (Å²) in [5.74, 6) is 0.873. The van der Waals surface area contributed by atoms with Crippen LogP contribution in [0.2, 0.25) is 0 Å². The van der Waals surface area contributed by atoms with Crippen molar-refractivity contribution in [2.75, 3.05) is 42.0 Å². The molecular formula is C13H20N2O4. The molecule has 1 aromatic heterocycles. The van der Waals surface area contributed by atoms with E-state index in [-0.39, 0.29) is 11.7 Å². The lowest BCUT2D eigenvalue weighted by Gasteiger charge is -2.14. The van der Waals surface area contributed by atoms with Crippen LogP contribution in [0.3, 0.4) is 0 Å². The van der Waals surface area contributed by atoms with Crippen LogP contribution in [0.15, 0.2) is 6.07 Å². The highest BCUT2D eigenvalue weighted by molar-refractivity contribution is 5.99. The SMILES string of the molecule is COc1cc(C(=O)CCN(C)C)c(OC)c(OC)n1. The number of pyridine rings is 1. The average molecular weight is 268 g/mol. The summed E-state index contributed by atoms with van der Waals surface area (Å²) in [6.07, 6.45) is 0.389. The molecule has 19 heavy (non-hydrogen) atoms. The molecule has 6 nitrogen and oxygen atoms in total. The summed E-state index contributed by atoms with van der Waals surface area (Å²) in [7, 11) is 8.27. The zero-order chi connectivity index (χ0) is 14.4. The van der Waals surface area contributed by atoms with E-state index < -0.39 is 0 Å². The summed E-state index contributed by atoms with van der Waals surface area (Å²) < 4.78 is 15.4. The predicted molar refractivity (Wildman–Crippen MR) is 71.4 cm³/mol. The zero-order valence-corrected chi connectivity index (χ0v) is 12.0. The standard InChI is InChI=1S/C13H20N2O4/c1-15(2)7-6-10(16)9-8-11(17-3)14-13(19-5)12(9)18-4/h8H,6-7H2,1-5H3. The van der Waals surface area contributed by atoms with Gasteiger partial charge in [0.05, 0.1) is 26.9 Å². The van der Waals surface area contributed by atoms with Crippen LogP contribution in [0.5, 0.6) is 17.5 Å². The second kappa shape index (κ2) is 6.94. The number of carbonyl (C=O) groups is 1. The highest BCUT2D eigenvalue weighted by atomic mass is 16.5. The molecule has 0 atom stereocenters. The lowest BCUT2D eigenvalue weighted by atomic mass is 10.1. The van der Waals surface area contributed by atoms with Gasteiger partial charge in [0, 0.05) is 19.0 Å². The molecule has 1 heterocycles. The van der Waals surface area contributed by atoms with E-state index in [1.807, 2.05) is 19.0 Å². The predicted octanol–water partition coefficient (Wildman–Crippen LogP) is 1.24. The van der Waals surface area contributed by atoms with E-state index in [0.717, 1.165) is 0 Å². The Bertz CT molecular complexity index is 447. The Hall–Kier alpha value is -1.82. The van der Waals surface area contributed by atoms with Gasteiger partial charge in [0.15, 0.2) is 11.5 Å². The number of aromatic nitrogens is 1. The number of rotatable bonds is 7. The van der Waals surface area contributed by atoms with Crippen molar-refractivity contribution in [2.45, 2.75) is 6.42 Å². The minimum atomic E-state index is -0.0375. The molecule has 0 saturated carbocycles. The van der Waals surface area contributed by atoms with Crippen molar-refractivity contribution < 1.29 is 19.0 Å². The number of carbonyl (C=O) groups excluding carboxylic acids is 1. The molecule has 0 amide bonds. The molecular weight excluding hydrogens is 248 g/mol. The molecule has 0 spiro atoms. The van der Waals surface area contributed by atoms with E-state index in [9.17, 15) is 4.79 Å². The molecule has 0 bridgehead atoms. The highest BCUT2D eigenvalue weighted by Gasteiger charge is 2.20. The second-order valence-electron chi connectivity index (χ2n) is 4.23. The summed E-state index contributed by atoms with van der Waals surface area (Å²) in [6, 6.07) is 1.57. The van der Waals surface area contributed by atoms with Crippen LogP contribution in [0.4, 0.5) is 0 Å². The number of Topliss-reactive ketones (excluding diaryl/α,β-unsaturated/α-hetero) is 1. The fourth-order valence-corrected chi connectivity index (χ4v) is 1.59. The van der Waals surface area contributed by atoms with Crippen LogP contribution >= 0.6 is 0 Å². The maximum atomic E-state index is 12.2. The van der Waals surface area contributed by atoms with Gasteiger partial charge in [-0.15, -0.1) is 0 Å². The molecule has 0 N–H and O–H groups in total. The van der Waals surface area contributed by atoms with Crippen molar-refractivity contribution >= 4 is 5.78 Å². The Balaban J connectivity index is 3.12. The number of ketones is 1. The maximum absolute atomic E-state index is 12.2. The molecule has 0 aliphatic rings. The quantitative estimate of drug-likeness (QED) is 0.693. The fourth-order valence-electron chi connectivity index (χ4n) is 1.59. The van der Waals surface area contributed by atoms with E-state index in [1.165, 1.54) is 21.3 Å². The van der Waals surface area contributed by atoms with Gasteiger partial charge in [-0.2, -0.15) is 4.98 Å². The van der Waals surface area contributed by atoms with Gasteiger partial charge < -0.3 is 19.1 Å². The van der Waals surface area contributed by atoms with Crippen molar-refractivity contribution in [2.24, 2.45) is 0 Å². The Morgan fingerprint density at radius 3 is 2.37 bits per heavy atom. The van der Waals surface area contributed by atoms with Crippen LogP contribution in [0, 0.1) is 0 Å². The number of ether oxygens (including phenoxy) is 3. The Labute approximate surface area is 113 Å². The first-order valence-electron chi connectivity index (χ1n) is 5.88. The third kappa shape index (κ3) is 3.82. The highest BCUT2D eigenvalue weighted by Crippen LogP contribution is 2.32. The van der Waals surface area contributed by atoms with Gasteiger partial charge in [-0.05, 0) is 14.1 Å². The first kappa shape index (κ1) is 15.2. The molecule has 0 radical (unpaired) electrons. The smallest absolute Gasteiger partial charge is 0.260 e. The maximum Gasteiger partial charge on any atom is 0.260 e. The Morgan fingerprint density at radius 2 is 1.89 bits per heavy atom. The van der Waals surface area contributed by atoms with E-state index in [2.05, 4.69) is 4.98 Å². The molecule has 106 valence electrons. The van der Waals surface area contributed by atoms with Gasteiger partial charge in [-0.1, -0.05) is 0 Å². The molecule has 1 rings (SSSR count). The molecule has 0 aromatic carbocycles. The summed E-state index contributed by atoms with van der Waals surface area (Å²) in [4.78, 5) is 18.3. The molecule has 1 aromatic rings. The van der Waals surface area contributed by atoms with Crippen molar-refractivity contribution in [3.05, 3.63) is 11.6 Å². The molecule has 0 unspecified atom stereocenters. The lowest BCUT2D eigenvalue weighted by Crippen LogP contribution is -2.17. The monoisotopic (exact) mass is 268 g/mol. The van der Waals surface area contributed by atoms with Gasteiger partial charge in [0.2, 0.25) is 5.88 Å². The van der Waals surface area contributed by atoms with E-state index in [4.69, 9.17) is 14.2 Å². The zero-order valence-electron chi connectivity index (χ0n) is 12.0. The molecule has 0 saturated heterocycles. The Kier molecular flexibility index (Phi) is 5.57.